The minimum Gasteiger partial charge on any atom is -0.310 e. The second kappa shape index (κ2) is 4.15. The first-order valence-electron chi connectivity index (χ1n) is 5.80. The van der Waals surface area contributed by atoms with Crippen LogP contribution in [0.15, 0.2) is 0 Å². The largest absolute Gasteiger partial charge is 0.310 e. The summed E-state index contributed by atoms with van der Waals surface area (Å²) in [6, 6.07) is 1.77. The van der Waals surface area contributed by atoms with Crippen molar-refractivity contribution in [3.63, 3.8) is 0 Å². The van der Waals surface area contributed by atoms with E-state index in [1.54, 1.807) is 0 Å². The summed E-state index contributed by atoms with van der Waals surface area (Å²) < 4.78 is 13.0. The molecule has 1 saturated carbocycles. The molecule has 1 N–H and O–H groups in total. The molecule has 2 rings (SSSR count). The smallest absolute Gasteiger partial charge is 0.114 e. The Balaban J connectivity index is 1.81. The zero-order chi connectivity index (χ0) is 10.1. The number of halogens is 1. The number of alkyl halides is 1. The summed E-state index contributed by atoms with van der Waals surface area (Å²) in [5.41, 5.74) is 0. The highest BCUT2D eigenvalue weighted by atomic mass is 19.1. The lowest BCUT2D eigenvalue weighted by molar-refractivity contribution is 0.190. The third-order valence-corrected chi connectivity index (χ3v) is 3.28. The molecule has 1 saturated heterocycles. The monoisotopic (exact) mass is 200 g/mol. The van der Waals surface area contributed by atoms with Crippen molar-refractivity contribution in [1.82, 2.24) is 10.2 Å². The van der Waals surface area contributed by atoms with Gasteiger partial charge < -0.3 is 5.32 Å². The highest BCUT2D eigenvalue weighted by Gasteiger charge is 2.34. The van der Waals surface area contributed by atoms with Crippen LogP contribution in [0.1, 0.15) is 33.1 Å². The molecule has 3 heteroatoms. The molecule has 0 aromatic heterocycles. The maximum atomic E-state index is 13.0. The van der Waals surface area contributed by atoms with Gasteiger partial charge in [-0.1, -0.05) is 0 Å². The first-order valence-corrected chi connectivity index (χ1v) is 5.80. The van der Waals surface area contributed by atoms with E-state index in [-0.39, 0.29) is 0 Å². The minimum atomic E-state index is -0.617. The van der Waals surface area contributed by atoms with Gasteiger partial charge in [0.15, 0.2) is 0 Å². The van der Waals surface area contributed by atoms with Gasteiger partial charge in [-0.25, -0.2) is 4.39 Å². The van der Waals surface area contributed by atoms with E-state index in [1.807, 2.05) is 0 Å². The van der Waals surface area contributed by atoms with Gasteiger partial charge in [0, 0.05) is 31.2 Å². The molecule has 2 nitrogen and oxygen atoms in total. The molecule has 1 heterocycles. The molecular weight excluding hydrogens is 179 g/mol. The van der Waals surface area contributed by atoms with Crippen LogP contribution in [0.2, 0.25) is 0 Å². The maximum absolute atomic E-state index is 13.0. The Morgan fingerprint density at radius 3 is 2.57 bits per heavy atom. The van der Waals surface area contributed by atoms with Crippen molar-refractivity contribution in [3.8, 4) is 0 Å². The van der Waals surface area contributed by atoms with Gasteiger partial charge in [0.25, 0.3) is 0 Å². The number of hydrogen-bond donors (Lipinski definition) is 1. The first kappa shape index (κ1) is 10.4. The normalized spacial score (nSPS) is 33.2. The van der Waals surface area contributed by atoms with Crippen LogP contribution in [-0.2, 0) is 0 Å². The van der Waals surface area contributed by atoms with E-state index < -0.39 is 6.17 Å². The molecule has 2 atom stereocenters. The fourth-order valence-corrected chi connectivity index (χ4v) is 2.35. The van der Waals surface area contributed by atoms with Gasteiger partial charge in [-0.3, -0.25) is 4.90 Å². The Kier molecular flexibility index (Phi) is 3.07. The quantitative estimate of drug-likeness (QED) is 0.741. The van der Waals surface area contributed by atoms with Crippen molar-refractivity contribution < 1.29 is 4.39 Å². The summed E-state index contributed by atoms with van der Waals surface area (Å²) in [5.74, 6) is 0. The van der Waals surface area contributed by atoms with Crippen LogP contribution >= 0.6 is 0 Å². The summed E-state index contributed by atoms with van der Waals surface area (Å²) in [6.07, 6.45) is 2.76. The lowest BCUT2D eigenvalue weighted by Gasteiger charge is -2.29. The molecule has 2 aliphatic rings. The van der Waals surface area contributed by atoms with Crippen LogP contribution in [0.4, 0.5) is 4.39 Å². The Labute approximate surface area is 85.9 Å². The summed E-state index contributed by atoms with van der Waals surface area (Å²) in [6.45, 7) is 6.06. The fourth-order valence-electron chi connectivity index (χ4n) is 2.35. The first-order chi connectivity index (χ1) is 6.66. The molecule has 0 amide bonds. The second-order valence-corrected chi connectivity index (χ2v) is 4.96. The Morgan fingerprint density at radius 2 is 2.14 bits per heavy atom. The van der Waals surface area contributed by atoms with Crippen molar-refractivity contribution in [1.29, 1.82) is 0 Å². The van der Waals surface area contributed by atoms with Crippen molar-refractivity contribution in [2.24, 2.45) is 0 Å². The standard InChI is InChI=1S/C11H21FN2/c1-8(2)14(11-3-4-11)7-10-5-9(12)6-13-10/h8-11,13H,3-7H2,1-2H3. The van der Waals surface area contributed by atoms with Crippen molar-refractivity contribution in [2.75, 3.05) is 13.1 Å². The third-order valence-electron chi connectivity index (χ3n) is 3.28. The van der Waals surface area contributed by atoms with Crippen LogP contribution in [0.25, 0.3) is 0 Å². The molecule has 82 valence electrons. The molecule has 0 aromatic rings. The van der Waals surface area contributed by atoms with Crippen LogP contribution in [0.3, 0.4) is 0 Å². The topological polar surface area (TPSA) is 15.3 Å². The van der Waals surface area contributed by atoms with Gasteiger partial charge in [-0.15, -0.1) is 0 Å². The summed E-state index contributed by atoms with van der Waals surface area (Å²) in [5, 5.41) is 3.26. The molecule has 1 aliphatic carbocycles. The number of nitrogens with zero attached hydrogens (tertiary/aromatic N) is 1. The van der Waals surface area contributed by atoms with Gasteiger partial charge in [-0.05, 0) is 33.1 Å². The number of nitrogens with one attached hydrogen (secondary N) is 1. The molecule has 1 aliphatic heterocycles. The Bertz CT molecular complexity index is 190. The molecule has 2 fully saturated rings. The predicted octanol–water partition coefficient (Wildman–Crippen LogP) is 1.56. The van der Waals surface area contributed by atoms with Crippen LogP contribution in [-0.4, -0.2) is 42.3 Å². The molecule has 0 bridgehead atoms. The lowest BCUT2D eigenvalue weighted by Crippen LogP contribution is -2.42. The molecular formula is C11H21FN2. The van der Waals surface area contributed by atoms with Gasteiger partial charge >= 0.3 is 0 Å². The molecule has 0 spiro atoms. The van der Waals surface area contributed by atoms with Crippen molar-refractivity contribution in [2.45, 2.75) is 57.4 Å². The highest BCUT2D eigenvalue weighted by Crippen LogP contribution is 2.29. The van der Waals surface area contributed by atoms with E-state index in [4.69, 9.17) is 0 Å². The highest BCUT2D eigenvalue weighted by molar-refractivity contribution is 4.91. The summed E-state index contributed by atoms with van der Waals surface area (Å²) >= 11 is 0. The van der Waals surface area contributed by atoms with Crippen LogP contribution in [0.5, 0.6) is 0 Å². The number of hydrogen-bond acceptors (Lipinski definition) is 2. The average molecular weight is 200 g/mol. The van der Waals surface area contributed by atoms with E-state index >= 15 is 0 Å². The molecule has 0 radical (unpaired) electrons. The zero-order valence-corrected chi connectivity index (χ0v) is 9.17. The Hall–Kier alpha value is -0.150. The average Bonchev–Trinajstić information content (AvgIpc) is 2.86. The van der Waals surface area contributed by atoms with E-state index in [1.165, 1.54) is 12.8 Å². The van der Waals surface area contributed by atoms with E-state index in [0.29, 0.717) is 25.0 Å². The minimum absolute atomic E-state index is 0.382. The lowest BCUT2D eigenvalue weighted by atomic mass is 10.2. The van der Waals surface area contributed by atoms with Gasteiger partial charge in [0.05, 0.1) is 0 Å². The Morgan fingerprint density at radius 1 is 1.43 bits per heavy atom. The van der Waals surface area contributed by atoms with Gasteiger partial charge in [0.2, 0.25) is 0 Å². The number of rotatable bonds is 4. The molecule has 2 unspecified atom stereocenters. The van der Waals surface area contributed by atoms with Gasteiger partial charge in [0.1, 0.15) is 6.17 Å². The predicted molar refractivity (Wildman–Crippen MR) is 56.2 cm³/mol. The van der Waals surface area contributed by atoms with Crippen LogP contribution in [0, 0.1) is 0 Å². The van der Waals surface area contributed by atoms with Crippen molar-refractivity contribution >= 4 is 0 Å². The molecule has 14 heavy (non-hydrogen) atoms. The van der Waals surface area contributed by atoms with E-state index in [2.05, 4.69) is 24.1 Å². The second-order valence-electron chi connectivity index (χ2n) is 4.96. The third kappa shape index (κ3) is 2.45. The zero-order valence-electron chi connectivity index (χ0n) is 9.17. The van der Waals surface area contributed by atoms with Crippen molar-refractivity contribution in [3.05, 3.63) is 0 Å². The van der Waals surface area contributed by atoms with Crippen LogP contribution < -0.4 is 5.32 Å². The summed E-state index contributed by atoms with van der Waals surface area (Å²) in [7, 11) is 0. The van der Waals surface area contributed by atoms with E-state index in [9.17, 15) is 4.39 Å². The van der Waals surface area contributed by atoms with Gasteiger partial charge in [-0.2, -0.15) is 0 Å². The fraction of sp³-hybridized carbons (Fsp3) is 1.00. The summed E-state index contributed by atoms with van der Waals surface area (Å²) in [4.78, 5) is 2.52. The van der Waals surface area contributed by atoms with E-state index in [0.717, 1.165) is 12.6 Å². The molecule has 0 aromatic carbocycles. The SMILES string of the molecule is CC(C)N(CC1CC(F)CN1)C1CC1. The maximum Gasteiger partial charge on any atom is 0.114 e.